The fraction of sp³-hybridized carbons (Fsp3) is 0.176. The van der Waals surface area contributed by atoms with Crippen LogP contribution in [0.3, 0.4) is 0 Å². The number of halogens is 1. The van der Waals surface area contributed by atoms with E-state index in [1.54, 1.807) is 6.07 Å². The normalized spacial score (nSPS) is 10.8. The molecule has 0 aliphatic heterocycles. The molecular formula is C17H14IN3O5. The predicted octanol–water partition coefficient (Wildman–Crippen LogP) is 3.53. The highest BCUT2D eigenvalue weighted by atomic mass is 127. The minimum absolute atomic E-state index is 0.143. The summed E-state index contributed by atoms with van der Waals surface area (Å²) in [5, 5.41) is 13.6. The summed E-state index contributed by atoms with van der Waals surface area (Å²) in [5.74, 6) is -0.748. The number of hydrogen-bond donors (Lipinski definition) is 1. The number of hydrogen-bond acceptors (Lipinski definition) is 5. The zero-order chi connectivity index (χ0) is 18.7. The summed E-state index contributed by atoms with van der Waals surface area (Å²) in [6.07, 6.45) is 0.666. The summed E-state index contributed by atoms with van der Waals surface area (Å²) < 4.78 is 7.45. The van der Waals surface area contributed by atoms with E-state index >= 15 is 0 Å². The van der Waals surface area contributed by atoms with E-state index in [1.165, 1.54) is 22.8 Å². The van der Waals surface area contributed by atoms with Crippen molar-refractivity contribution in [3.05, 3.63) is 66.7 Å². The smallest absolute Gasteiger partial charge is 0.407 e. The molecule has 0 radical (unpaired) electrons. The summed E-state index contributed by atoms with van der Waals surface area (Å²) in [6.45, 7) is 0.281. The Morgan fingerprint density at radius 3 is 2.81 bits per heavy atom. The molecule has 2 aromatic carbocycles. The van der Waals surface area contributed by atoms with E-state index in [2.05, 4.69) is 27.9 Å². The van der Waals surface area contributed by atoms with Gasteiger partial charge in [-0.05, 0) is 53.3 Å². The summed E-state index contributed by atoms with van der Waals surface area (Å²) in [7, 11) is 0. The van der Waals surface area contributed by atoms with E-state index < -0.39 is 10.7 Å². The average Bonchev–Trinajstić information content (AvgIpc) is 2.89. The molecule has 0 saturated heterocycles. The number of carbonyl (C=O) groups is 1. The van der Waals surface area contributed by atoms with Gasteiger partial charge in [0.1, 0.15) is 0 Å². The molecule has 9 heteroatoms. The number of oxazole rings is 1. The number of nitrogens with one attached hydrogen (secondary N) is 1. The van der Waals surface area contributed by atoms with Gasteiger partial charge in [0.15, 0.2) is 5.58 Å². The van der Waals surface area contributed by atoms with Crippen LogP contribution in [0.15, 0.2) is 51.7 Å². The third kappa shape index (κ3) is 4.10. The lowest BCUT2D eigenvalue weighted by molar-refractivity contribution is -0.384. The monoisotopic (exact) mass is 467 g/mol. The van der Waals surface area contributed by atoms with Crippen LogP contribution in [0.1, 0.15) is 12.8 Å². The zero-order valence-corrected chi connectivity index (χ0v) is 15.6. The van der Waals surface area contributed by atoms with Crippen LogP contribution in [0.5, 0.6) is 0 Å². The fourth-order valence-electron chi connectivity index (χ4n) is 2.57. The van der Waals surface area contributed by atoms with Crippen LogP contribution in [0.2, 0.25) is 0 Å². The Morgan fingerprint density at radius 1 is 1.27 bits per heavy atom. The maximum absolute atomic E-state index is 12.0. The second kappa shape index (κ2) is 7.68. The van der Waals surface area contributed by atoms with Crippen molar-refractivity contribution < 1.29 is 14.1 Å². The minimum atomic E-state index is -0.599. The number of anilines is 1. The maximum atomic E-state index is 12.0. The second-order valence-electron chi connectivity index (χ2n) is 5.59. The van der Waals surface area contributed by atoms with E-state index in [1.807, 2.05) is 18.2 Å². The third-order valence-corrected chi connectivity index (χ3v) is 4.43. The Hall–Kier alpha value is -2.69. The molecule has 0 saturated carbocycles. The third-order valence-electron chi connectivity index (χ3n) is 3.76. The van der Waals surface area contributed by atoms with Crippen LogP contribution in [0.25, 0.3) is 11.1 Å². The van der Waals surface area contributed by atoms with Crippen molar-refractivity contribution in [1.29, 1.82) is 0 Å². The number of carbonyl (C=O) groups excluding carboxylic acids is 1. The molecule has 0 aliphatic rings. The van der Waals surface area contributed by atoms with Crippen molar-refractivity contribution in [2.24, 2.45) is 0 Å². The summed E-state index contributed by atoms with van der Waals surface area (Å²) in [4.78, 5) is 34.2. The van der Waals surface area contributed by atoms with Crippen LogP contribution >= 0.6 is 22.6 Å². The largest absolute Gasteiger partial charge is 0.419 e. The lowest BCUT2D eigenvalue weighted by Gasteiger charge is -2.06. The van der Waals surface area contributed by atoms with Gasteiger partial charge in [0.25, 0.3) is 5.69 Å². The fourth-order valence-corrected chi connectivity index (χ4v) is 3.11. The van der Waals surface area contributed by atoms with Crippen molar-refractivity contribution in [1.82, 2.24) is 4.57 Å². The van der Waals surface area contributed by atoms with E-state index in [0.29, 0.717) is 11.9 Å². The first-order valence-corrected chi connectivity index (χ1v) is 8.85. The Labute approximate surface area is 161 Å². The summed E-state index contributed by atoms with van der Waals surface area (Å²) in [6, 6.07) is 11.5. The van der Waals surface area contributed by atoms with Crippen molar-refractivity contribution >= 4 is 51.0 Å². The highest BCUT2D eigenvalue weighted by Gasteiger charge is 2.14. The molecule has 1 heterocycles. The van der Waals surface area contributed by atoms with Crippen LogP contribution in [-0.4, -0.2) is 15.4 Å². The van der Waals surface area contributed by atoms with E-state index in [0.717, 1.165) is 9.26 Å². The van der Waals surface area contributed by atoms with Crippen LogP contribution in [0.4, 0.5) is 11.4 Å². The number of nitrogens with zero attached hydrogens (tertiary/aromatic N) is 2. The number of non-ortho nitro benzene ring substituents is 1. The molecule has 0 aliphatic carbocycles. The molecule has 0 bridgehead atoms. The molecule has 26 heavy (non-hydrogen) atoms. The van der Waals surface area contributed by atoms with Gasteiger partial charge in [-0.15, -0.1) is 0 Å². The minimum Gasteiger partial charge on any atom is -0.407 e. The molecular weight excluding hydrogens is 453 g/mol. The first-order valence-electron chi connectivity index (χ1n) is 7.77. The molecule has 0 fully saturated rings. The highest BCUT2D eigenvalue weighted by Crippen LogP contribution is 2.20. The van der Waals surface area contributed by atoms with Gasteiger partial charge in [-0.1, -0.05) is 6.07 Å². The van der Waals surface area contributed by atoms with Gasteiger partial charge in [-0.3, -0.25) is 19.5 Å². The van der Waals surface area contributed by atoms with Crippen LogP contribution in [0, 0.1) is 13.7 Å². The lowest BCUT2D eigenvalue weighted by Crippen LogP contribution is -2.17. The number of nitro groups is 1. The first-order chi connectivity index (χ1) is 12.4. The quantitative estimate of drug-likeness (QED) is 0.339. The van der Waals surface area contributed by atoms with Crippen LogP contribution < -0.4 is 11.1 Å². The molecule has 1 N–H and O–H groups in total. The molecule has 0 unspecified atom stereocenters. The maximum Gasteiger partial charge on any atom is 0.419 e. The molecule has 134 valence electrons. The van der Waals surface area contributed by atoms with Gasteiger partial charge in [0.05, 0.1) is 16.5 Å². The Morgan fingerprint density at radius 2 is 2.08 bits per heavy atom. The second-order valence-corrected chi connectivity index (χ2v) is 6.84. The van der Waals surface area contributed by atoms with Gasteiger partial charge in [-0.25, -0.2) is 4.79 Å². The van der Waals surface area contributed by atoms with Gasteiger partial charge in [0, 0.05) is 28.3 Å². The van der Waals surface area contributed by atoms with Crippen LogP contribution in [-0.2, 0) is 11.3 Å². The molecule has 3 rings (SSSR count). The average molecular weight is 467 g/mol. The number of fused-ring (bicyclic) bond motifs is 1. The summed E-state index contributed by atoms with van der Waals surface area (Å²) in [5.41, 5.74) is 1.21. The van der Waals surface area contributed by atoms with E-state index in [-0.39, 0.29) is 30.1 Å². The number of aromatic nitrogens is 1. The van der Waals surface area contributed by atoms with Gasteiger partial charge in [-0.2, -0.15) is 0 Å². The Kier molecular flexibility index (Phi) is 5.35. The van der Waals surface area contributed by atoms with E-state index in [4.69, 9.17) is 4.42 Å². The number of rotatable bonds is 6. The SMILES string of the molecule is O=C(CCCn1c(=O)oc2cc([N+](=O)[O-])ccc21)Nc1cccc(I)c1. The molecule has 0 spiro atoms. The summed E-state index contributed by atoms with van der Waals surface area (Å²) >= 11 is 2.16. The lowest BCUT2D eigenvalue weighted by atomic mass is 10.2. The van der Waals surface area contributed by atoms with E-state index in [9.17, 15) is 19.7 Å². The number of amides is 1. The zero-order valence-electron chi connectivity index (χ0n) is 13.5. The molecule has 3 aromatic rings. The van der Waals surface area contributed by atoms with Crippen molar-refractivity contribution in [2.45, 2.75) is 19.4 Å². The number of aryl methyl sites for hydroxylation is 1. The predicted molar refractivity (Wildman–Crippen MR) is 104 cm³/mol. The molecule has 1 amide bonds. The standard InChI is InChI=1S/C17H14IN3O5/c18-11-3-1-4-12(9-11)19-16(22)5-2-8-20-14-7-6-13(21(24)25)10-15(14)26-17(20)23/h1,3-4,6-7,9-10H,2,5,8H2,(H,19,22). The molecule has 8 nitrogen and oxygen atoms in total. The first kappa shape index (κ1) is 18.1. The Bertz CT molecular complexity index is 1040. The van der Waals surface area contributed by atoms with Gasteiger partial charge >= 0.3 is 5.76 Å². The molecule has 1 aromatic heterocycles. The van der Waals surface area contributed by atoms with Crippen molar-refractivity contribution in [3.8, 4) is 0 Å². The topological polar surface area (TPSA) is 107 Å². The van der Waals surface area contributed by atoms with Crippen molar-refractivity contribution in [2.75, 3.05) is 5.32 Å². The van der Waals surface area contributed by atoms with Gasteiger partial charge in [0.2, 0.25) is 5.91 Å². The number of benzene rings is 2. The van der Waals surface area contributed by atoms with Crippen molar-refractivity contribution in [3.63, 3.8) is 0 Å². The Balaban J connectivity index is 1.64. The molecule has 0 atom stereocenters. The van der Waals surface area contributed by atoms with Gasteiger partial charge < -0.3 is 9.73 Å². The highest BCUT2D eigenvalue weighted by molar-refractivity contribution is 14.1. The number of nitro benzene ring substituents is 1.